The van der Waals surface area contributed by atoms with E-state index < -0.39 is 5.92 Å². The average molecular weight is 240 g/mol. The Balaban J connectivity index is 0.000000162. The van der Waals surface area contributed by atoms with E-state index in [1.807, 2.05) is 30.3 Å². The Morgan fingerprint density at radius 3 is 2.19 bits per heavy atom. The van der Waals surface area contributed by atoms with Gasteiger partial charge >= 0.3 is 0 Å². The summed E-state index contributed by atoms with van der Waals surface area (Å²) in [6, 6.07) is 10.0. The first-order chi connectivity index (χ1) is 7.67. The van der Waals surface area contributed by atoms with E-state index in [4.69, 9.17) is 0 Å². The molecule has 2 nitrogen and oxygen atoms in total. The topological polar surface area (TPSA) is 25.8 Å². The Morgan fingerprint density at radius 1 is 1.12 bits per heavy atom. The van der Waals surface area contributed by atoms with E-state index in [0.717, 1.165) is 10.6 Å². The van der Waals surface area contributed by atoms with Gasteiger partial charge in [0.15, 0.2) is 0 Å². The van der Waals surface area contributed by atoms with Crippen LogP contribution in [0.3, 0.4) is 0 Å². The van der Waals surface area contributed by atoms with Crippen LogP contribution in [0, 0.1) is 0 Å². The van der Waals surface area contributed by atoms with Crippen molar-refractivity contribution in [1.29, 1.82) is 0 Å². The molecule has 16 heavy (non-hydrogen) atoms. The molecule has 1 aromatic heterocycles. The van der Waals surface area contributed by atoms with E-state index in [2.05, 4.69) is 9.36 Å². The number of hydrogen-bond donors (Lipinski definition) is 0. The number of nitrogens with zero attached hydrogens (tertiary/aromatic N) is 2. The zero-order valence-electron chi connectivity index (χ0n) is 8.44. The molecule has 0 aliphatic heterocycles. The highest BCUT2D eigenvalue weighted by Crippen LogP contribution is 2.40. The van der Waals surface area contributed by atoms with E-state index in [0.29, 0.717) is 0 Å². The number of benzene rings is 1. The third-order valence-corrected chi connectivity index (χ3v) is 2.72. The van der Waals surface area contributed by atoms with E-state index >= 15 is 0 Å². The van der Waals surface area contributed by atoms with Gasteiger partial charge in [0.25, 0.3) is 0 Å². The van der Waals surface area contributed by atoms with Gasteiger partial charge in [0.05, 0.1) is 0 Å². The van der Waals surface area contributed by atoms with Crippen LogP contribution in [0.1, 0.15) is 12.8 Å². The fraction of sp³-hybridized carbons (Fsp3) is 0.273. The highest BCUT2D eigenvalue weighted by atomic mass is 32.1. The van der Waals surface area contributed by atoms with Gasteiger partial charge in [0, 0.05) is 18.4 Å². The van der Waals surface area contributed by atoms with Gasteiger partial charge in [-0.3, -0.25) is 0 Å². The second-order valence-electron chi connectivity index (χ2n) is 3.47. The summed E-state index contributed by atoms with van der Waals surface area (Å²) in [4.78, 5) is 4.09. The third kappa shape index (κ3) is 3.34. The molecule has 1 aliphatic carbocycles. The Hall–Kier alpha value is -1.36. The summed E-state index contributed by atoms with van der Waals surface area (Å²) in [7, 11) is 0. The lowest BCUT2D eigenvalue weighted by Gasteiger charge is -1.90. The van der Waals surface area contributed by atoms with Crippen LogP contribution in [-0.4, -0.2) is 15.3 Å². The molecule has 0 unspecified atom stereocenters. The van der Waals surface area contributed by atoms with Gasteiger partial charge in [-0.15, -0.1) is 0 Å². The van der Waals surface area contributed by atoms with Crippen LogP contribution in [0.2, 0.25) is 0 Å². The Kier molecular flexibility index (Phi) is 3.24. The van der Waals surface area contributed by atoms with Crippen molar-refractivity contribution in [3.8, 4) is 10.6 Å². The van der Waals surface area contributed by atoms with Gasteiger partial charge in [0.1, 0.15) is 11.3 Å². The molecular weight excluding hydrogens is 230 g/mol. The summed E-state index contributed by atoms with van der Waals surface area (Å²) >= 11 is 1.41. The summed E-state index contributed by atoms with van der Waals surface area (Å²) in [5, 5.41) is 0.977. The van der Waals surface area contributed by atoms with Crippen molar-refractivity contribution < 1.29 is 8.78 Å². The molecule has 1 fully saturated rings. The SMILES string of the molecule is FC1(F)CC1.c1ccc(-c2ncns2)cc1. The van der Waals surface area contributed by atoms with Crippen LogP contribution >= 0.6 is 11.5 Å². The van der Waals surface area contributed by atoms with Crippen LogP contribution < -0.4 is 0 Å². The van der Waals surface area contributed by atoms with Gasteiger partial charge in [0.2, 0.25) is 5.92 Å². The number of hydrogen-bond acceptors (Lipinski definition) is 3. The first-order valence-corrected chi connectivity index (χ1v) is 5.65. The molecule has 0 spiro atoms. The van der Waals surface area contributed by atoms with Gasteiger partial charge < -0.3 is 0 Å². The molecule has 1 aliphatic rings. The number of rotatable bonds is 1. The summed E-state index contributed by atoms with van der Waals surface area (Å²) < 4.78 is 26.2. The van der Waals surface area contributed by atoms with Crippen LogP contribution in [0.25, 0.3) is 10.6 Å². The third-order valence-electron chi connectivity index (χ3n) is 2.01. The largest absolute Gasteiger partial charge is 0.248 e. The molecule has 1 aromatic carbocycles. The molecule has 0 amide bonds. The van der Waals surface area contributed by atoms with Crippen molar-refractivity contribution in [3.63, 3.8) is 0 Å². The van der Waals surface area contributed by atoms with Crippen LogP contribution in [0.15, 0.2) is 36.7 Å². The summed E-state index contributed by atoms with van der Waals surface area (Å²) in [5.41, 5.74) is 1.13. The van der Waals surface area contributed by atoms with Crippen molar-refractivity contribution in [2.24, 2.45) is 0 Å². The first kappa shape index (κ1) is 11.1. The number of halogens is 2. The lowest BCUT2D eigenvalue weighted by atomic mass is 10.2. The van der Waals surface area contributed by atoms with Crippen molar-refractivity contribution in [2.75, 3.05) is 0 Å². The van der Waals surface area contributed by atoms with E-state index in [-0.39, 0.29) is 12.8 Å². The Bertz CT molecular complexity index is 423. The van der Waals surface area contributed by atoms with Gasteiger partial charge in [-0.05, 0) is 11.5 Å². The van der Waals surface area contributed by atoms with Gasteiger partial charge in [-0.25, -0.2) is 13.8 Å². The minimum atomic E-state index is -2.25. The molecule has 3 rings (SSSR count). The fourth-order valence-electron chi connectivity index (χ4n) is 0.976. The van der Waals surface area contributed by atoms with Gasteiger partial charge in [-0.1, -0.05) is 30.3 Å². The molecule has 0 radical (unpaired) electrons. The lowest BCUT2D eigenvalue weighted by Crippen LogP contribution is -1.79. The molecule has 0 bridgehead atoms. The maximum absolute atomic E-state index is 11.1. The molecule has 0 atom stereocenters. The lowest BCUT2D eigenvalue weighted by molar-refractivity contribution is 0.120. The monoisotopic (exact) mass is 240 g/mol. The highest BCUT2D eigenvalue weighted by molar-refractivity contribution is 7.09. The molecule has 0 saturated heterocycles. The second kappa shape index (κ2) is 4.65. The smallest absolute Gasteiger partial charge is 0.223 e. The Morgan fingerprint density at radius 2 is 1.75 bits per heavy atom. The second-order valence-corrected chi connectivity index (χ2v) is 4.25. The zero-order chi connectivity index (χ0) is 11.4. The van der Waals surface area contributed by atoms with E-state index in [1.54, 1.807) is 6.33 Å². The van der Waals surface area contributed by atoms with Crippen molar-refractivity contribution in [1.82, 2.24) is 9.36 Å². The number of alkyl halides is 2. The highest BCUT2D eigenvalue weighted by Gasteiger charge is 2.43. The summed E-state index contributed by atoms with van der Waals surface area (Å²) in [5.74, 6) is -2.25. The normalized spacial score (nSPS) is 16.1. The van der Waals surface area contributed by atoms with Crippen molar-refractivity contribution >= 4 is 11.5 Å². The molecule has 0 N–H and O–H groups in total. The standard InChI is InChI=1S/C8H6N2S.C3H4F2/c1-2-4-7(5-3-1)8-9-6-10-11-8;4-3(5)1-2-3/h1-6H;1-2H2. The molecule has 1 saturated carbocycles. The van der Waals surface area contributed by atoms with Gasteiger partial charge in [-0.2, -0.15) is 4.37 Å². The molecule has 84 valence electrons. The Labute approximate surface area is 96.1 Å². The quantitative estimate of drug-likeness (QED) is 0.760. The average Bonchev–Trinajstić information content (AvgIpc) is 2.83. The molecule has 1 heterocycles. The van der Waals surface area contributed by atoms with E-state index in [9.17, 15) is 8.78 Å². The number of aromatic nitrogens is 2. The predicted octanol–water partition coefficient (Wildman–Crippen LogP) is 3.62. The van der Waals surface area contributed by atoms with Crippen molar-refractivity contribution in [2.45, 2.75) is 18.8 Å². The molecule has 2 aromatic rings. The minimum absolute atomic E-state index is 0.118. The summed E-state index contributed by atoms with van der Waals surface area (Å²) in [6.07, 6.45) is 1.81. The zero-order valence-corrected chi connectivity index (χ0v) is 9.25. The minimum Gasteiger partial charge on any atom is -0.223 e. The summed E-state index contributed by atoms with van der Waals surface area (Å²) in [6.45, 7) is 0. The molecule has 5 heteroatoms. The van der Waals surface area contributed by atoms with Crippen LogP contribution in [0.4, 0.5) is 8.78 Å². The fourth-order valence-corrected chi connectivity index (χ4v) is 1.51. The maximum Gasteiger partial charge on any atom is 0.248 e. The van der Waals surface area contributed by atoms with Crippen LogP contribution in [-0.2, 0) is 0 Å². The molecular formula is C11H10F2N2S. The van der Waals surface area contributed by atoms with Crippen molar-refractivity contribution in [3.05, 3.63) is 36.7 Å². The van der Waals surface area contributed by atoms with E-state index in [1.165, 1.54) is 11.5 Å². The maximum atomic E-state index is 11.1. The first-order valence-electron chi connectivity index (χ1n) is 4.87. The predicted molar refractivity (Wildman–Crippen MR) is 59.5 cm³/mol. The van der Waals surface area contributed by atoms with Crippen LogP contribution in [0.5, 0.6) is 0 Å².